The van der Waals surface area contributed by atoms with Crippen LogP contribution >= 0.6 is 0 Å². The van der Waals surface area contributed by atoms with Crippen LogP contribution in [-0.4, -0.2) is 45.7 Å². The molecule has 3 rings (SSSR count). The molecule has 0 saturated carbocycles. The summed E-state index contributed by atoms with van der Waals surface area (Å²) in [4.78, 5) is 26.3. The zero-order valence-electron chi connectivity index (χ0n) is 16.7. The Labute approximate surface area is 169 Å². The molecule has 1 aliphatic rings. The van der Waals surface area contributed by atoms with Crippen LogP contribution in [0.25, 0.3) is 6.08 Å². The molecule has 0 radical (unpaired) electrons. The van der Waals surface area contributed by atoms with E-state index in [2.05, 4.69) is 5.32 Å². The van der Waals surface area contributed by atoms with E-state index in [0.29, 0.717) is 18.0 Å². The molecule has 7 heteroatoms. The Kier molecular flexibility index (Phi) is 6.39. The molecule has 152 valence electrons. The van der Waals surface area contributed by atoms with Gasteiger partial charge in [0.15, 0.2) is 11.5 Å². The van der Waals surface area contributed by atoms with E-state index in [-0.39, 0.29) is 24.3 Å². The van der Waals surface area contributed by atoms with Crippen LogP contribution in [0, 0.1) is 0 Å². The number of carbonyl (C=O) groups excluding carboxylic acids is 2. The zero-order valence-corrected chi connectivity index (χ0v) is 16.7. The predicted molar refractivity (Wildman–Crippen MR) is 110 cm³/mol. The Balaban J connectivity index is 1.59. The van der Waals surface area contributed by atoms with Crippen molar-refractivity contribution in [3.8, 4) is 17.2 Å². The molecular formula is C22H24N2O5. The van der Waals surface area contributed by atoms with Crippen LogP contribution in [0.3, 0.4) is 0 Å². The number of anilines is 1. The Hall–Kier alpha value is -3.48. The summed E-state index contributed by atoms with van der Waals surface area (Å²) in [7, 11) is 4.72. The smallest absolute Gasteiger partial charge is 0.244 e. The van der Waals surface area contributed by atoms with Crippen molar-refractivity contribution in [1.82, 2.24) is 5.32 Å². The van der Waals surface area contributed by atoms with Crippen LogP contribution in [-0.2, 0) is 9.59 Å². The topological polar surface area (TPSA) is 77.1 Å². The minimum absolute atomic E-state index is 0.0238. The lowest BCUT2D eigenvalue weighted by Crippen LogP contribution is -2.36. The summed E-state index contributed by atoms with van der Waals surface area (Å²) in [5.41, 5.74) is 1.59. The fourth-order valence-electron chi connectivity index (χ4n) is 3.19. The van der Waals surface area contributed by atoms with Gasteiger partial charge < -0.3 is 24.4 Å². The van der Waals surface area contributed by atoms with Gasteiger partial charge in [0, 0.05) is 24.7 Å². The van der Waals surface area contributed by atoms with E-state index in [1.54, 1.807) is 56.6 Å². The lowest BCUT2D eigenvalue weighted by Gasteiger charge is -2.17. The molecule has 2 amide bonds. The van der Waals surface area contributed by atoms with Gasteiger partial charge in [-0.05, 0) is 48.0 Å². The molecule has 0 unspecified atom stereocenters. The summed E-state index contributed by atoms with van der Waals surface area (Å²) < 4.78 is 15.6. The Morgan fingerprint density at radius 3 is 2.41 bits per heavy atom. The Morgan fingerprint density at radius 2 is 1.76 bits per heavy atom. The van der Waals surface area contributed by atoms with Crippen LogP contribution in [0.5, 0.6) is 17.2 Å². The largest absolute Gasteiger partial charge is 0.497 e. The molecule has 1 fully saturated rings. The first kappa shape index (κ1) is 20.3. The van der Waals surface area contributed by atoms with Gasteiger partial charge in [-0.15, -0.1) is 0 Å². The molecule has 1 saturated heterocycles. The van der Waals surface area contributed by atoms with Crippen molar-refractivity contribution in [3.05, 3.63) is 54.1 Å². The highest BCUT2D eigenvalue weighted by molar-refractivity contribution is 5.98. The third-order valence-electron chi connectivity index (χ3n) is 4.69. The van der Waals surface area contributed by atoms with Crippen LogP contribution in [0.1, 0.15) is 12.0 Å². The summed E-state index contributed by atoms with van der Waals surface area (Å²) in [5, 5.41) is 2.88. The first-order valence-corrected chi connectivity index (χ1v) is 9.19. The SMILES string of the molecule is COc1ccc(N2C[C@H](NC(=O)/C=C\c3ccc(OC)c(OC)c3)CC2=O)cc1. The fraction of sp³-hybridized carbons (Fsp3) is 0.273. The average Bonchev–Trinajstić information content (AvgIpc) is 3.11. The maximum Gasteiger partial charge on any atom is 0.244 e. The summed E-state index contributed by atoms with van der Waals surface area (Å²) >= 11 is 0. The summed E-state index contributed by atoms with van der Waals surface area (Å²) in [6, 6.07) is 12.4. The number of methoxy groups -OCH3 is 3. The van der Waals surface area contributed by atoms with E-state index >= 15 is 0 Å². The number of benzene rings is 2. The van der Waals surface area contributed by atoms with Gasteiger partial charge >= 0.3 is 0 Å². The lowest BCUT2D eigenvalue weighted by molar-refractivity contribution is -0.117. The van der Waals surface area contributed by atoms with Crippen molar-refractivity contribution in [3.63, 3.8) is 0 Å². The number of hydrogen-bond donors (Lipinski definition) is 1. The second-order valence-corrected chi connectivity index (χ2v) is 6.56. The highest BCUT2D eigenvalue weighted by atomic mass is 16.5. The second-order valence-electron chi connectivity index (χ2n) is 6.56. The van der Waals surface area contributed by atoms with Gasteiger partial charge in [0.05, 0.1) is 27.4 Å². The number of amides is 2. The molecule has 1 N–H and O–H groups in total. The molecule has 7 nitrogen and oxygen atoms in total. The molecule has 2 aromatic rings. The van der Waals surface area contributed by atoms with Crippen molar-refractivity contribution in [2.24, 2.45) is 0 Å². The van der Waals surface area contributed by atoms with Gasteiger partial charge in [-0.1, -0.05) is 6.07 Å². The summed E-state index contributed by atoms with van der Waals surface area (Å²) in [6.07, 6.45) is 3.40. The Bertz CT molecular complexity index is 908. The first-order valence-electron chi connectivity index (χ1n) is 9.19. The van der Waals surface area contributed by atoms with Crippen LogP contribution in [0.4, 0.5) is 5.69 Å². The van der Waals surface area contributed by atoms with Gasteiger partial charge in [-0.3, -0.25) is 9.59 Å². The molecule has 0 bridgehead atoms. The molecule has 1 heterocycles. The maximum absolute atomic E-state index is 12.3. The number of carbonyl (C=O) groups is 2. The minimum Gasteiger partial charge on any atom is -0.497 e. The van der Waals surface area contributed by atoms with Crippen LogP contribution in [0.2, 0.25) is 0 Å². The Morgan fingerprint density at radius 1 is 1.03 bits per heavy atom. The molecule has 1 atom stereocenters. The van der Waals surface area contributed by atoms with Crippen molar-refractivity contribution < 1.29 is 23.8 Å². The molecular weight excluding hydrogens is 372 g/mol. The number of rotatable bonds is 7. The van der Waals surface area contributed by atoms with Crippen LogP contribution < -0.4 is 24.4 Å². The molecule has 2 aromatic carbocycles. The van der Waals surface area contributed by atoms with Gasteiger partial charge in [0.1, 0.15) is 5.75 Å². The molecule has 0 spiro atoms. The average molecular weight is 396 g/mol. The zero-order chi connectivity index (χ0) is 20.8. The van der Waals surface area contributed by atoms with Crippen molar-refractivity contribution in [1.29, 1.82) is 0 Å². The molecule has 0 aliphatic carbocycles. The third-order valence-corrected chi connectivity index (χ3v) is 4.69. The monoisotopic (exact) mass is 396 g/mol. The van der Waals surface area contributed by atoms with Crippen molar-refractivity contribution >= 4 is 23.6 Å². The van der Waals surface area contributed by atoms with E-state index in [0.717, 1.165) is 17.0 Å². The van der Waals surface area contributed by atoms with Gasteiger partial charge in [-0.25, -0.2) is 0 Å². The van der Waals surface area contributed by atoms with Gasteiger partial charge in [0.25, 0.3) is 0 Å². The number of nitrogens with zero attached hydrogens (tertiary/aromatic N) is 1. The standard InChI is InChI=1S/C22H24N2O5/c1-27-18-8-6-17(7-9-18)24-14-16(13-22(24)26)23-21(25)11-5-15-4-10-19(28-2)20(12-15)29-3/h4-12,16H,13-14H2,1-3H3,(H,23,25)/b11-5-/t16-/m1/s1. The number of nitrogens with one attached hydrogen (secondary N) is 1. The fourth-order valence-corrected chi connectivity index (χ4v) is 3.19. The van der Waals surface area contributed by atoms with E-state index in [1.165, 1.54) is 6.08 Å². The highest BCUT2D eigenvalue weighted by Gasteiger charge is 2.31. The normalized spacial score (nSPS) is 16.2. The molecule has 0 aromatic heterocycles. The van der Waals surface area contributed by atoms with Gasteiger partial charge in [0.2, 0.25) is 11.8 Å². The van der Waals surface area contributed by atoms with Crippen molar-refractivity contribution in [2.75, 3.05) is 32.8 Å². The van der Waals surface area contributed by atoms with E-state index < -0.39 is 0 Å². The molecule has 29 heavy (non-hydrogen) atoms. The first-order chi connectivity index (χ1) is 14.0. The van der Waals surface area contributed by atoms with Crippen LogP contribution in [0.15, 0.2) is 48.5 Å². The lowest BCUT2D eigenvalue weighted by atomic mass is 10.2. The highest BCUT2D eigenvalue weighted by Crippen LogP contribution is 2.28. The summed E-state index contributed by atoms with van der Waals surface area (Å²) in [5.74, 6) is 1.66. The third kappa shape index (κ3) is 4.87. The maximum atomic E-state index is 12.3. The number of ether oxygens (including phenoxy) is 3. The molecule has 1 aliphatic heterocycles. The van der Waals surface area contributed by atoms with E-state index in [1.807, 2.05) is 18.2 Å². The second kappa shape index (κ2) is 9.14. The van der Waals surface area contributed by atoms with Crippen molar-refractivity contribution in [2.45, 2.75) is 12.5 Å². The van der Waals surface area contributed by atoms with E-state index in [4.69, 9.17) is 14.2 Å². The van der Waals surface area contributed by atoms with Gasteiger partial charge in [-0.2, -0.15) is 0 Å². The minimum atomic E-state index is -0.255. The van der Waals surface area contributed by atoms with E-state index in [9.17, 15) is 9.59 Å². The quantitative estimate of drug-likeness (QED) is 0.728. The predicted octanol–water partition coefficient (Wildman–Crippen LogP) is 2.65. The number of hydrogen-bond acceptors (Lipinski definition) is 5. The summed E-state index contributed by atoms with van der Waals surface area (Å²) in [6.45, 7) is 0.432.